The third-order valence-corrected chi connectivity index (χ3v) is 4.90. The van der Waals surface area contributed by atoms with E-state index in [0.717, 1.165) is 12.2 Å². The maximum Gasteiger partial charge on any atom is 0.385 e. The zero-order chi connectivity index (χ0) is 15.1. The van der Waals surface area contributed by atoms with Gasteiger partial charge in [0, 0.05) is 0 Å². The molecule has 0 fully saturated rings. The summed E-state index contributed by atoms with van der Waals surface area (Å²) in [5.74, 6) is -3.20. The molecule has 0 rings (SSSR count). The molecule has 19 heavy (non-hydrogen) atoms. The van der Waals surface area contributed by atoms with Gasteiger partial charge < -0.3 is 9.79 Å². The molecular formula is C7H12N2O8P2. The zero-order valence-electron chi connectivity index (χ0n) is 9.51. The van der Waals surface area contributed by atoms with Gasteiger partial charge in [-0.05, 0) is 12.2 Å². The predicted octanol–water partition coefficient (Wildman–Crippen LogP) is -0.218. The lowest BCUT2D eigenvalue weighted by molar-refractivity contribution is -0.125. The fourth-order valence-electron chi connectivity index (χ4n) is 0.614. The van der Waals surface area contributed by atoms with Crippen molar-refractivity contribution in [3.05, 3.63) is 25.3 Å². The second-order valence-electron chi connectivity index (χ2n) is 2.94. The van der Waals surface area contributed by atoms with Crippen LogP contribution in [0.4, 0.5) is 0 Å². The summed E-state index contributed by atoms with van der Waals surface area (Å²) < 4.78 is 31.2. The first-order valence-electron chi connectivity index (χ1n) is 4.47. The standard InChI is InChI=1S/C7H12N2O8P2/c1-3-6(10)8-16-19(15,5-18(12,13)14)17-9-7(11)4-2/h3-4H,1-2,5H2,(H,8,10)(H,9,11)(H2,12,13,14). The molecule has 0 bridgehead atoms. The Morgan fingerprint density at radius 2 is 1.42 bits per heavy atom. The Kier molecular flexibility index (Phi) is 6.85. The third-order valence-electron chi connectivity index (χ3n) is 1.30. The predicted molar refractivity (Wildman–Crippen MR) is 63.4 cm³/mol. The van der Waals surface area contributed by atoms with Crippen LogP contribution in [0.1, 0.15) is 0 Å². The Balaban J connectivity index is 4.80. The van der Waals surface area contributed by atoms with Crippen LogP contribution >= 0.6 is 15.2 Å². The van der Waals surface area contributed by atoms with Crippen LogP contribution in [0.3, 0.4) is 0 Å². The fourth-order valence-corrected chi connectivity index (χ4v) is 3.38. The highest BCUT2D eigenvalue weighted by atomic mass is 31.2. The number of rotatable bonds is 8. The molecule has 0 spiro atoms. The van der Waals surface area contributed by atoms with Gasteiger partial charge in [-0.3, -0.25) is 18.7 Å². The Labute approximate surface area is 108 Å². The molecule has 2 amide bonds. The van der Waals surface area contributed by atoms with Crippen LogP contribution in [-0.4, -0.2) is 27.5 Å². The zero-order valence-corrected chi connectivity index (χ0v) is 11.3. The van der Waals surface area contributed by atoms with E-state index in [-0.39, 0.29) is 0 Å². The Bertz CT molecular complexity index is 442. The number of carbonyl (C=O) groups is 2. The van der Waals surface area contributed by atoms with Gasteiger partial charge in [0.2, 0.25) is 0 Å². The summed E-state index contributed by atoms with van der Waals surface area (Å²) in [5.41, 5.74) is 3.14. The fraction of sp³-hybridized carbons (Fsp3) is 0.143. The molecule has 0 atom stereocenters. The monoisotopic (exact) mass is 314 g/mol. The molecule has 0 radical (unpaired) electrons. The van der Waals surface area contributed by atoms with Crippen LogP contribution in [0.15, 0.2) is 25.3 Å². The maximum atomic E-state index is 11.8. The minimum Gasteiger partial charge on any atom is -0.324 e. The van der Waals surface area contributed by atoms with Crippen molar-refractivity contribution in [3.63, 3.8) is 0 Å². The minimum atomic E-state index is -4.79. The van der Waals surface area contributed by atoms with Gasteiger partial charge in [-0.25, -0.2) is 11.0 Å². The van der Waals surface area contributed by atoms with E-state index in [1.54, 1.807) is 11.0 Å². The van der Waals surface area contributed by atoms with Crippen molar-refractivity contribution in [2.24, 2.45) is 0 Å². The molecule has 0 aromatic rings. The molecule has 0 unspecified atom stereocenters. The molecule has 0 aromatic heterocycles. The van der Waals surface area contributed by atoms with Crippen LogP contribution in [0, 0.1) is 0 Å². The second kappa shape index (κ2) is 7.34. The highest BCUT2D eigenvalue weighted by Gasteiger charge is 2.36. The number of amides is 2. The maximum absolute atomic E-state index is 11.8. The first-order valence-corrected chi connectivity index (χ1v) is 8.00. The van der Waals surface area contributed by atoms with Gasteiger partial charge in [-0.15, -0.1) is 0 Å². The average molecular weight is 314 g/mol. The molecule has 0 aromatic carbocycles. The SMILES string of the molecule is C=CC(=O)NOP(=O)(CP(=O)(O)O)ONC(=O)C=C. The lowest BCUT2D eigenvalue weighted by atomic mass is 10.6. The highest BCUT2D eigenvalue weighted by Crippen LogP contribution is 2.57. The molecule has 0 aliphatic rings. The molecule has 108 valence electrons. The lowest BCUT2D eigenvalue weighted by Gasteiger charge is -2.17. The minimum absolute atomic E-state index is 0.754. The van der Waals surface area contributed by atoms with Crippen molar-refractivity contribution in [2.75, 3.05) is 5.90 Å². The van der Waals surface area contributed by atoms with Gasteiger partial charge in [0.05, 0.1) is 0 Å². The molecule has 4 N–H and O–H groups in total. The largest absolute Gasteiger partial charge is 0.385 e. The van der Waals surface area contributed by atoms with Crippen LogP contribution in [0.2, 0.25) is 0 Å². The second-order valence-corrected chi connectivity index (χ2v) is 6.99. The summed E-state index contributed by atoms with van der Waals surface area (Å²) in [4.78, 5) is 39.0. The summed E-state index contributed by atoms with van der Waals surface area (Å²) in [6.45, 7) is 6.13. The number of hydrogen-bond donors (Lipinski definition) is 4. The molecule has 12 heteroatoms. The van der Waals surface area contributed by atoms with Crippen molar-refractivity contribution >= 4 is 27.0 Å². The van der Waals surface area contributed by atoms with E-state index in [2.05, 4.69) is 22.4 Å². The summed E-state index contributed by atoms with van der Waals surface area (Å²) in [6, 6.07) is 0. The van der Waals surface area contributed by atoms with E-state index in [1.807, 2.05) is 0 Å². The van der Waals surface area contributed by atoms with E-state index < -0.39 is 32.9 Å². The van der Waals surface area contributed by atoms with E-state index in [4.69, 9.17) is 9.79 Å². The first kappa shape index (κ1) is 17.7. The number of hydrogen-bond acceptors (Lipinski definition) is 6. The van der Waals surface area contributed by atoms with Crippen LogP contribution in [0.5, 0.6) is 0 Å². The summed E-state index contributed by atoms with van der Waals surface area (Å²) >= 11 is 0. The highest BCUT2D eigenvalue weighted by molar-refractivity contribution is 7.70. The molecule has 0 heterocycles. The van der Waals surface area contributed by atoms with Gasteiger partial charge >= 0.3 is 15.2 Å². The normalized spacial score (nSPS) is 11.5. The van der Waals surface area contributed by atoms with E-state index in [0.29, 0.717) is 0 Å². The van der Waals surface area contributed by atoms with Crippen molar-refractivity contribution in [3.8, 4) is 0 Å². The average Bonchev–Trinajstić information content (AvgIpc) is 2.31. The molecule has 0 aliphatic carbocycles. The molecule has 0 aliphatic heterocycles. The van der Waals surface area contributed by atoms with Crippen molar-refractivity contribution in [1.82, 2.24) is 11.0 Å². The molecule has 10 nitrogen and oxygen atoms in total. The summed E-state index contributed by atoms with van der Waals surface area (Å²) in [5, 5.41) is 0. The van der Waals surface area contributed by atoms with Crippen molar-refractivity contribution < 1.29 is 37.8 Å². The third kappa shape index (κ3) is 8.44. The van der Waals surface area contributed by atoms with E-state index >= 15 is 0 Å². The van der Waals surface area contributed by atoms with Crippen LogP contribution in [-0.2, 0) is 28.0 Å². The quantitative estimate of drug-likeness (QED) is 0.273. The molecular weight excluding hydrogens is 302 g/mol. The molecule has 0 saturated carbocycles. The number of carbonyl (C=O) groups excluding carboxylic acids is 2. The topological polar surface area (TPSA) is 151 Å². The van der Waals surface area contributed by atoms with Crippen molar-refractivity contribution in [2.45, 2.75) is 0 Å². The van der Waals surface area contributed by atoms with E-state index in [9.17, 15) is 18.7 Å². The Hall–Kier alpha value is -1.28. The number of hydroxylamine groups is 2. The van der Waals surface area contributed by atoms with Crippen molar-refractivity contribution in [1.29, 1.82) is 0 Å². The van der Waals surface area contributed by atoms with Gasteiger partial charge in [-0.1, -0.05) is 13.2 Å². The van der Waals surface area contributed by atoms with Crippen LogP contribution in [0.25, 0.3) is 0 Å². The first-order chi connectivity index (χ1) is 8.62. The van der Waals surface area contributed by atoms with E-state index in [1.165, 1.54) is 0 Å². The van der Waals surface area contributed by atoms with Crippen LogP contribution < -0.4 is 11.0 Å². The summed E-state index contributed by atoms with van der Waals surface area (Å²) in [7, 11) is -9.29. The Morgan fingerprint density at radius 3 is 1.68 bits per heavy atom. The van der Waals surface area contributed by atoms with Gasteiger partial charge in [-0.2, -0.15) is 9.25 Å². The van der Waals surface area contributed by atoms with Gasteiger partial charge in [0.25, 0.3) is 11.8 Å². The van der Waals surface area contributed by atoms with Gasteiger partial charge in [0.15, 0.2) is 5.90 Å². The Morgan fingerprint density at radius 1 is 1.05 bits per heavy atom. The molecule has 0 saturated heterocycles. The lowest BCUT2D eigenvalue weighted by Crippen LogP contribution is -2.26. The van der Waals surface area contributed by atoms with Gasteiger partial charge in [0.1, 0.15) is 0 Å². The summed E-state index contributed by atoms with van der Waals surface area (Å²) in [6.07, 6.45) is 1.51. The number of nitrogens with one attached hydrogen (secondary N) is 2. The smallest absolute Gasteiger partial charge is 0.324 e.